The highest BCUT2D eigenvalue weighted by atomic mass is 19.1. The first-order chi connectivity index (χ1) is 7.29. The van der Waals surface area contributed by atoms with Gasteiger partial charge in [0.25, 0.3) is 0 Å². The van der Waals surface area contributed by atoms with E-state index in [9.17, 15) is 4.39 Å². The smallest absolute Gasteiger partial charge is 0.144 e. The maximum Gasteiger partial charge on any atom is 0.144 e. The summed E-state index contributed by atoms with van der Waals surface area (Å²) in [6.07, 6.45) is 3.92. The van der Waals surface area contributed by atoms with E-state index < -0.39 is 0 Å². The molecule has 1 aliphatic heterocycles. The van der Waals surface area contributed by atoms with Crippen molar-refractivity contribution in [3.63, 3.8) is 0 Å². The molecule has 82 valence electrons. The van der Waals surface area contributed by atoms with Crippen LogP contribution >= 0.6 is 0 Å². The molecule has 1 aliphatic rings. The average molecular weight is 208 g/mol. The number of pyridine rings is 1. The number of hydrogen-bond acceptors (Lipinski definition) is 2. The van der Waals surface area contributed by atoms with Crippen LogP contribution in [0.1, 0.15) is 31.4 Å². The summed E-state index contributed by atoms with van der Waals surface area (Å²) in [5.41, 5.74) is 0.629. The lowest BCUT2D eigenvalue weighted by Crippen LogP contribution is -2.30. The third-order valence-electron chi connectivity index (χ3n) is 3.31. The first-order valence-corrected chi connectivity index (χ1v) is 5.60. The van der Waals surface area contributed by atoms with Crippen LogP contribution in [0.2, 0.25) is 0 Å². The van der Waals surface area contributed by atoms with E-state index in [0.717, 1.165) is 25.9 Å². The largest absolute Gasteiger partial charge is 0.317 e. The Bertz CT molecular complexity index is 321. The zero-order valence-electron chi connectivity index (χ0n) is 9.04. The van der Waals surface area contributed by atoms with Crippen molar-refractivity contribution in [3.05, 3.63) is 29.8 Å². The summed E-state index contributed by atoms with van der Waals surface area (Å²) in [4.78, 5) is 4.16. The highest BCUT2D eigenvalue weighted by Crippen LogP contribution is 2.30. The van der Waals surface area contributed by atoms with Gasteiger partial charge in [-0.25, -0.2) is 4.39 Å². The Morgan fingerprint density at radius 1 is 1.47 bits per heavy atom. The van der Waals surface area contributed by atoms with Crippen molar-refractivity contribution >= 4 is 0 Å². The van der Waals surface area contributed by atoms with Crippen molar-refractivity contribution in [2.24, 2.45) is 5.92 Å². The van der Waals surface area contributed by atoms with Crippen molar-refractivity contribution in [1.29, 1.82) is 0 Å². The third kappa shape index (κ3) is 2.34. The fraction of sp³-hybridized carbons (Fsp3) is 0.583. The van der Waals surface area contributed by atoms with Crippen LogP contribution in [0.25, 0.3) is 0 Å². The van der Waals surface area contributed by atoms with Gasteiger partial charge in [0.1, 0.15) is 5.82 Å². The van der Waals surface area contributed by atoms with Gasteiger partial charge >= 0.3 is 0 Å². The van der Waals surface area contributed by atoms with Gasteiger partial charge in [0.15, 0.2) is 0 Å². The Morgan fingerprint density at radius 2 is 2.20 bits per heavy atom. The fourth-order valence-electron chi connectivity index (χ4n) is 2.30. The molecule has 0 radical (unpaired) electrons. The molecule has 1 N–H and O–H groups in total. The highest BCUT2D eigenvalue weighted by Gasteiger charge is 2.23. The van der Waals surface area contributed by atoms with E-state index >= 15 is 0 Å². The van der Waals surface area contributed by atoms with Gasteiger partial charge in [-0.2, -0.15) is 0 Å². The van der Waals surface area contributed by atoms with Crippen molar-refractivity contribution in [1.82, 2.24) is 10.3 Å². The SMILES string of the molecule is CC(c1ncccc1F)C1CCNCC1. The van der Waals surface area contributed by atoms with Gasteiger partial charge < -0.3 is 5.32 Å². The summed E-state index contributed by atoms with van der Waals surface area (Å²) in [5.74, 6) is 0.632. The minimum atomic E-state index is -0.163. The molecule has 3 heteroatoms. The van der Waals surface area contributed by atoms with Gasteiger partial charge in [0, 0.05) is 12.1 Å². The molecule has 2 nitrogen and oxygen atoms in total. The first-order valence-electron chi connectivity index (χ1n) is 5.60. The molecule has 1 unspecified atom stereocenters. The van der Waals surface area contributed by atoms with E-state index in [0.29, 0.717) is 11.6 Å². The van der Waals surface area contributed by atoms with Gasteiger partial charge in [-0.1, -0.05) is 6.92 Å². The Morgan fingerprint density at radius 3 is 2.87 bits per heavy atom. The summed E-state index contributed by atoms with van der Waals surface area (Å²) < 4.78 is 13.5. The maximum atomic E-state index is 13.5. The average Bonchev–Trinajstić information content (AvgIpc) is 2.30. The van der Waals surface area contributed by atoms with Crippen LogP contribution < -0.4 is 5.32 Å². The molecule has 2 rings (SSSR count). The molecule has 0 bridgehead atoms. The molecule has 0 amide bonds. The molecule has 1 aromatic rings. The number of piperidine rings is 1. The monoisotopic (exact) mass is 208 g/mol. The molecule has 15 heavy (non-hydrogen) atoms. The molecule has 0 aromatic carbocycles. The van der Waals surface area contributed by atoms with Gasteiger partial charge in [-0.05, 0) is 44.0 Å². The molecule has 1 fully saturated rings. The van der Waals surface area contributed by atoms with Crippen molar-refractivity contribution in [3.8, 4) is 0 Å². The zero-order chi connectivity index (χ0) is 10.7. The van der Waals surface area contributed by atoms with Gasteiger partial charge in [-0.15, -0.1) is 0 Å². The topological polar surface area (TPSA) is 24.9 Å². The highest BCUT2D eigenvalue weighted by molar-refractivity contribution is 5.12. The number of halogens is 1. The van der Waals surface area contributed by atoms with E-state index in [1.54, 1.807) is 12.3 Å². The summed E-state index contributed by atoms with van der Waals surface area (Å²) in [5, 5.41) is 3.32. The van der Waals surface area contributed by atoms with Crippen LogP contribution in [-0.2, 0) is 0 Å². The predicted molar refractivity (Wildman–Crippen MR) is 58.2 cm³/mol. The molecular weight excluding hydrogens is 191 g/mol. The van der Waals surface area contributed by atoms with E-state index in [1.807, 2.05) is 0 Å². The van der Waals surface area contributed by atoms with Crippen molar-refractivity contribution in [2.45, 2.75) is 25.7 Å². The molecule has 1 atom stereocenters. The Kier molecular flexibility index (Phi) is 3.31. The van der Waals surface area contributed by atoms with E-state index in [4.69, 9.17) is 0 Å². The lowest BCUT2D eigenvalue weighted by atomic mass is 9.84. The van der Waals surface area contributed by atoms with Crippen molar-refractivity contribution < 1.29 is 4.39 Å². The maximum absolute atomic E-state index is 13.5. The van der Waals surface area contributed by atoms with Crippen LogP contribution in [-0.4, -0.2) is 18.1 Å². The molecule has 1 aromatic heterocycles. The molecule has 0 saturated carbocycles. The lowest BCUT2D eigenvalue weighted by Gasteiger charge is -2.27. The normalized spacial score (nSPS) is 20.1. The fourth-order valence-corrected chi connectivity index (χ4v) is 2.30. The zero-order valence-corrected chi connectivity index (χ0v) is 9.04. The standard InChI is InChI=1S/C12H17FN2/c1-9(10-4-7-14-8-5-10)12-11(13)3-2-6-15-12/h2-3,6,9-10,14H,4-5,7-8H2,1H3. The molecule has 0 spiro atoms. The van der Waals surface area contributed by atoms with Crippen LogP contribution in [0, 0.1) is 11.7 Å². The van der Waals surface area contributed by atoms with Crippen LogP contribution in [0.3, 0.4) is 0 Å². The van der Waals surface area contributed by atoms with Gasteiger partial charge in [0.05, 0.1) is 5.69 Å². The molecule has 0 aliphatic carbocycles. The molecular formula is C12H17FN2. The molecule has 2 heterocycles. The predicted octanol–water partition coefficient (Wildman–Crippen LogP) is 2.32. The van der Waals surface area contributed by atoms with E-state index in [1.165, 1.54) is 6.07 Å². The number of hydrogen-bond donors (Lipinski definition) is 1. The number of nitrogens with zero attached hydrogens (tertiary/aromatic N) is 1. The summed E-state index contributed by atoms with van der Waals surface area (Å²) in [6, 6.07) is 3.15. The minimum absolute atomic E-state index is 0.163. The lowest BCUT2D eigenvalue weighted by molar-refractivity contribution is 0.321. The quantitative estimate of drug-likeness (QED) is 0.806. The van der Waals surface area contributed by atoms with E-state index in [-0.39, 0.29) is 11.7 Å². The van der Waals surface area contributed by atoms with Crippen LogP contribution in [0.5, 0.6) is 0 Å². The summed E-state index contributed by atoms with van der Waals surface area (Å²) in [6.45, 7) is 4.17. The minimum Gasteiger partial charge on any atom is -0.317 e. The summed E-state index contributed by atoms with van der Waals surface area (Å²) in [7, 11) is 0. The number of nitrogens with one attached hydrogen (secondary N) is 1. The summed E-state index contributed by atoms with van der Waals surface area (Å²) >= 11 is 0. The Labute approximate surface area is 89.9 Å². The van der Waals surface area contributed by atoms with Gasteiger partial charge in [-0.3, -0.25) is 4.98 Å². The van der Waals surface area contributed by atoms with Crippen LogP contribution in [0.15, 0.2) is 18.3 Å². The number of aromatic nitrogens is 1. The van der Waals surface area contributed by atoms with Crippen LogP contribution in [0.4, 0.5) is 4.39 Å². The number of rotatable bonds is 2. The van der Waals surface area contributed by atoms with Gasteiger partial charge in [0.2, 0.25) is 0 Å². The second-order valence-corrected chi connectivity index (χ2v) is 4.25. The first kappa shape index (κ1) is 10.6. The third-order valence-corrected chi connectivity index (χ3v) is 3.31. The second kappa shape index (κ2) is 4.71. The Hall–Kier alpha value is -0.960. The second-order valence-electron chi connectivity index (χ2n) is 4.25. The Balaban J connectivity index is 2.12. The molecule has 1 saturated heterocycles. The van der Waals surface area contributed by atoms with Crippen molar-refractivity contribution in [2.75, 3.05) is 13.1 Å². The van der Waals surface area contributed by atoms with E-state index in [2.05, 4.69) is 17.2 Å².